The number of hydrogen-bond acceptors (Lipinski definition) is 5. The summed E-state index contributed by atoms with van der Waals surface area (Å²) in [5.74, 6) is -0.0568. The Hall–Kier alpha value is -2.88. The van der Waals surface area contributed by atoms with E-state index in [-0.39, 0.29) is 17.5 Å². The molecule has 1 aromatic heterocycles. The molecule has 0 radical (unpaired) electrons. The Balaban J connectivity index is 1.29. The van der Waals surface area contributed by atoms with Gasteiger partial charge in [0.15, 0.2) is 0 Å². The van der Waals surface area contributed by atoms with Crippen LogP contribution in [0.3, 0.4) is 0 Å². The molecule has 0 aliphatic carbocycles. The van der Waals surface area contributed by atoms with E-state index in [1.54, 1.807) is 41.3 Å². The van der Waals surface area contributed by atoms with E-state index in [9.17, 15) is 23.1 Å². The van der Waals surface area contributed by atoms with Crippen LogP contribution in [0.5, 0.6) is 0 Å². The standard InChI is InChI=1S/C25H24ClF3N4O2/c26-17-6-4-16(5-7-17)24(35)32-12-10-31(11-13-32)21-14-33(15-22(21)34)20-8-9-30-23-18(20)2-1-3-19(23)25(27,28)29/h1-9,21-22,34H,10-15H2/t21-,22-/m1/s1. The summed E-state index contributed by atoms with van der Waals surface area (Å²) >= 11 is 5.91. The molecule has 184 valence electrons. The quantitative estimate of drug-likeness (QED) is 0.586. The maximum atomic E-state index is 13.5. The van der Waals surface area contributed by atoms with E-state index in [0.29, 0.717) is 60.9 Å². The molecule has 1 amide bonds. The number of benzene rings is 2. The minimum atomic E-state index is -4.50. The fraction of sp³-hybridized carbons (Fsp3) is 0.360. The van der Waals surface area contributed by atoms with Gasteiger partial charge in [-0.2, -0.15) is 13.2 Å². The average molecular weight is 505 g/mol. The van der Waals surface area contributed by atoms with E-state index in [0.717, 1.165) is 6.07 Å². The number of β-amino-alcohol motifs (C(OH)–C–C–N with tert-alkyl or cyclic N) is 1. The van der Waals surface area contributed by atoms with Crippen LogP contribution in [0.15, 0.2) is 54.7 Å². The Morgan fingerprint density at radius 2 is 1.71 bits per heavy atom. The molecule has 2 saturated heterocycles. The number of aliphatic hydroxyl groups excluding tert-OH is 1. The fourth-order valence-electron chi connectivity index (χ4n) is 5.02. The number of nitrogens with zero attached hydrogens (tertiary/aromatic N) is 4. The van der Waals surface area contributed by atoms with Crippen molar-refractivity contribution in [1.29, 1.82) is 0 Å². The first kappa shape index (κ1) is 23.8. The van der Waals surface area contributed by atoms with Gasteiger partial charge in [-0.15, -0.1) is 0 Å². The summed E-state index contributed by atoms with van der Waals surface area (Å²) in [7, 11) is 0. The second-order valence-electron chi connectivity index (χ2n) is 8.90. The van der Waals surface area contributed by atoms with Gasteiger partial charge in [0.1, 0.15) is 0 Å². The van der Waals surface area contributed by atoms with Gasteiger partial charge < -0.3 is 14.9 Å². The van der Waals surface area contributed by atoms with Crippen LogP contribution in [0.2, 0.25) is 5.02 Å². The summed E-state index contributed by atoms with van der Waals surface area (Å²) in [5, 5.41) is 11.8. The number of aliphatic hydroxyl groups is 1. The Morgan fingerprint density at radius 1 is 1.00 bits per heavy atom. The molecule has 6 nitrogen and oxygen atoms in total. The molecule has 2 aliphatic rings. The van der Waals surface area contributed by atoms with Gasteiger partial charge in [0, 0.05) is 67.1 Å². The maximum Gasteiger partial charge on any atom is 0.418 e. The topological polar surface area (TPSA) is 59.9 Å². The van der Waals surface area contributed by atoms with Crippen molar-refractivity contribution in [2.45, 2.75) is 18.3 Å². The van der Waals surface area contributed by atoms with Crippen LogP contribution in [0.25, 0.3) is 10.9 Å². The van der Waals surface area contributed by atoms with E-state index in [2.05, 4.69) is 9.88 Å². The number of amides is 1. The predicted molar refractivity (Wildman–Crippen MR) is 128 cm³/mol. The molecular weight excluding hydrogens is 481 g/mol. The number of fused-ring (bicyclic) bond motifs is 1. The van der Waals surface area contributed by atoms with Gasteiger partial charge in [-0.1, -0.05) is 23.7 Å². The number of aromatic nitrogens is 1. The lowest BCUT2D eigenvalue weighted by atomic mass is 10.1. The molecule has 3 heterocycles. The third-order valence-corrected chi connectivity index (χ3v) is 7.07. The zero-order valence-corrected chi connectivity index (χ0v) is 19.5. The predicted octanol–water partition coefficient (Wildman–Crippen LogP) is 3.91. The van der Waals surface area contributed by atoms with E-state index in [1.165, 1.54) is 12.3 Å². The van der Waals surface area contributed by atoms with Crippen LogP contribution < -0.4 is 4.90 Å². The van der Waals surface area contributed by atoms with Crippen LogP contribution in [0.1, 0.15) is 15.9 Å². The molecule has 1 N–H and O–H groups in total. The minimum Gasteiger partial charge on any atom is -0.390 e. The van der Waals surface area contributed by atoms with Crippen LogP contribution in [-0.4, -0.2) is 77.2 Å². The molecule has 5 rings (SSSR count). The van der Waals surface area contributed by atoms with Gasteiger partial charge in [-0.05, 0) is 36.4 Å². The highest BCUT2D eigenvalue weighted by atomic mass is 35.5. The van der Waals surface area contributed by atoms with Crippen LogP contribution in [-0.2, 0) is 6.18 Å². The number of para-hydroxylation sites is 1. The molecule has 0 saturated carbocycles. The summed E-state index contributed by atoms with van der Waals surface area (Å²) in [6.07, 6.45) is -3.78. The highest BCUT2D eigenvalue weighted by molar-refractivity contribution is 6.30. The van der Waals surface area contributed by atoms with Crippen LogP contribution >= 0.6 is 11.6 Å². The first-order valence-electron chi connectivity index (χ1n) is 11.4. The van der Waals surface area contributed by atoms with Gasteiger partial charge >= 0.3 is 6.18 Å². The van der Waals surface area contributed by atoms with E-state index in [1.807, 2.05) is 4.90 Å². The maximum absolute atomic E-state index is 13.5. The van der Waals surface area contributed by atoms with Gasteiger partial charge in [-0.25, -0.2) is 0 Å². The van der Waals surface area contributed by atoms with Gasteiger partial charge in [-0.3, -0.25) is 14.7 Å². The van der Waals surface area contributed by atoms with Crippen molar-refractivity contribution in [3.05, 3.63) is 70.9 Å². The van der Waals surface area contributed by atoms with Crippen molar-refractivity contribution in [2.75, 3.05) is 44.2 Å². The number of alkyl halides is 3. The van der Waals surface area contributed by atoms with E-state index in [4.69, 9.17) is 11.6 Å². The number of rotatable bonds is 3. The molecule has 2 fully saturated rings. The molecule has 10 heteroatoms. The first-order chi connectivity index (χ1) is 16.7. The SMILES string of the molecule is O=C(c1ccc(Cl)cc1)N1CCN([C@@H]2CN(c3ccnc4c(C(F)(F)F)cccc34)C[C@H]2O)CC1. The smallest absolute Gasteiger partial charge is 0.390 e. The molecule has 3 aromatic rings. The van der Waals surface area contributed by atoms with Crippen molar-refractivity contribution in [3.8, 4) is 0 Å². The van der Waals surface area contributed by atoms with E-state index >= 15 is 0 Å². The van der Waals surface area contributed by atoms with Crippen molar-refractivity contribution >= 4 is 34.1 Å². The average Bonchev–Trinajstić information content (AvgIpc) is 3.24. The van der Waals surface area contributed by atoms with Gasteiger partial charge in [0.2, 0.25) is 0 Å². The lowest BCUT2D eigenvalue weighted by molar-refractivity contribution is -0.136. The highest BCUT2D eigenvalue weighted by Crippen LogP contribution is 2.37. The number of hydrogen-bond donors (Lipinski definition) is 1. The Labute approximate surface area is 205 Å². The highest BCUT2D eigenvalue weighted by Gasteiger charge is 2.39. The normalized spacial score (nSPS) is 21.6. The third kappa shape index (κ3) is 4.68. The summed E-state index contributed by atoms with van der Waals surface area (Å²) in [6, 6.07) is 12.4. The third-order valence-electron chi connectivity index (χ3n) is 6.81. The molecule has 0 unspecified atom stereocenters. The molecular formula is C25H24ClF3N4O2. The number of pyridine rings is 1. The Kier molecular flexibility index (Phi) is 6.33. The van der Waals surface area contributed by atoms with Crippen LogP contribution in [0.4, 0.5) is 18.9 Å². The first-order valence-corrected chi connectivity index (χ1v) is 11.8. The number of carbonyl (C=O) groups is 1. The second kappa shape index (κ2) is 9.29. The molecule has 0 bridgehead atoms. The summed E-state index contributed by atoms with van der Waals surface area (Å²) in [5.41, 5.74) is 0.344. The lowest BCUT2D eigenvalue weighted by Crippen LogP contribution is -2.54. The van der Waals surface area contributed by atoms with Crippen molar-refractivity contribution in [3.63, 3.8) is 0 Å². The molecule has 0 spiro atoms. The van der Waals surface area contributed by atoms with Crippen molar-refractivity contribution in [1.82, 2.24) is 14.8 Å². The van der Waals surface area contributed by atoms with Gasteiger partial charge in [0.25, 0.3) is 5.91 Å². The van der Waals surface area contributed by atoms with Gasteiger partial charge in [0.05, 0.1) is 23.2 Å². The zero-order chi connectivity index (χ0) is 24.7. The number of carbonyl (C=O) groups excluding carboxylic acids is 1. The molecule has 2 aliphatic heterocycles. The second-order valence-corrected chi connectivity index (χ2v) is 9.34. The lowest BCUT2D eigenvalue weighted by Gasteiger charge is -2.38. The fourth-order valence-corrected chi connectivity index (χ4v) is 5.15. The Bertz CT molecular complexity index is 1230. The van der Waals surface area contributed by atoms with E-state index < -0.39 is 17.8 Å². The van der Waals surface area contributed by atoms with Crippen molar-refractivity contribution < 1.29 is 23.1 Å². The molecule has 2 aromatic carbocycles. The Morgan fingerprint density at radius 3 is 2.40 bits per heavy atom. The number of anilines is 1. The van der Waals surface area contributed by atoms with Crippen LogP contribution in [0, 0.1) is 0 Å². The molecule has 2 atom stereocenters. The summed E-state index contributed by atoms with van der Waals surface area (Å²) < 4.78 is 40.4. The monoisotopic (exact) mass is 504 g/mol. The number of piperazine rings is 1. The summed E-state index contributed by atoms with van der Waals surface area (Å²) in [6.45, 7) is 3.04. The largest absolute Gasteiger partial charge is 0.418 e. The van der Waals surface area contributed by atoms with Crippen molar-refractivity contribution in [2.24, 2.45) is 0 Å². The zero-order valence-electron chi connectivity index (χ0n) is 18.7. The number of halogens is 4. The minimum absolute atomic E-state index is 0.0568. The molecule has 35 heavy (non-hydrogen) atoms. The summed E-state index contributed by atoms with van der Waals surface area (Å²) in [4.78, 5) is 22.6.